The third kappa shape index (κ3) is 1.85. The van der Waals surface area contributed by atoms with Gasteiger partial charge in [-0.25, -0.2) is 0 Å². The van der Waals surface area contributed by atoms with Gasteiger partial charge in [0.05, 0.1) is 21.4 Å². The van der Waals surface area contributed by atoms with E-state index in [4.69, 9.17) is 34.8 Å². The Morgan fingerprint density at radius 3 is 2.78 bits per heavy atom. The average Bonchev–Trinajstić information content (AvgIpc) is 2.72. The van der Waals surface area contributed by atoms with Crippen LogP contribution in [-0.4, -0.2) is 9.55 Å². The fourth-order valence-corrected chi connectivity index (χ4v) is 2.93. The number of allylic oxidation sites excluding steroid dienone is 1. The molecule has 0 spiro atoms. The van der Waals surface area contributed by atoms with E-state index in [-0.39, 0.29) is 0 Å². The van der Waals surface area contributed by atoms with Gasteiger partial charge in [0, 0.05) is 36.0 Å². The summed E-state index contributed by atoms with van der Waals surface area (Å²) in [4.78, 5) is 4.12. The first-order valence-electron chi connectivity index (χ1n) is 5.52. The summed E-state index contributed by atoms with van der Waals surface area (Å²) >= 11 is 18.6. The molecular formula is C13H9Cl3N2. The summed E-state index contributed by atoms with van der Waals surface area (Å²) in [5, 5.41) is 1.94. The zero-order valence-electron chi connectivity index (χ0n) is 9.33. The Morgan fingerprint density at radius 2 is 2.06 bits per heavy atom. The van der Waals surface area contributed by atoms with Gasteiger partial charge >= 0.3 is 0 Å². The molecule has 0 fully saturated rings. The molecule has 0 aliphatic carbocycles. The molecule has 0 bridgehead atoms. The molecule has 3 heterocycles. The Balaban J connectivity index is 2.23. The Morgan fingerprint density at radius 1 is 1.22 bits per heavy atom. The SMILES string of the molecule is ClC1=C(Cl)c2cc(Cl)c(-c3cccnc3)n2CC1. The fraction of sp³-hybridized carbons (Fsp3) is 0.154. The van der Waals surface area contributed by atoms with Gasteiger partial charge in [-0.05, 0) is 18.2 Å². The standard InChI is InChI=1S/C13H9Cl3N2/c14-9-3-5-18-11(12(9)16)6-10(15)13(18)8-2-1-4-17-7-8/h1-2,4,6-7H,3,5H2. The molecule has 18 heavy (non-hydrogen) atoms. The first-order valence-corrected chi connectivity index (χ1v) is 6.66. The lowest BCUT2D eigenvalue weighted by molar-refractivity contribution is 0.695. The molecule has 0 atom stereocenters. The van der Waals surface area contributed by atoms with Crippen molar-refractivity contribution in [2.24, 2.45) is 0 Å². The highest BCUT2D eigenvalue weighted by atomic mass is 35.5. The van der Waals surface area contributed by atoms with E-state index in [1.54, 1.807) is 12.4 Å². The van der Waals surface area contributed by atoms with E-state index >= 15 is 0 Å². The molecule has 2 nitrogen and oxygen atoms in total. The highest BCUT2D eigenvalue weighted by molar-refractivity contribution is 6.54. The number of fused-ring (bicyclic) bond motifs is 1. The van der Waals surface area contributed by atoms with Crippen molar-refractivity contribution in [3.63, 3.8) is 0 Å². The Labute approximate surface area is 120 Å². The van der Waals surface area contributed by atoms with Gasteiger partial charge in [0.15, 0.2) is 0 Å². The van der Waals surface area contributed by atoms with Gasteiger partial charge in [-0.2, -0.15) is 0 Å². The maximum atomic E-state index is 6.31. The van der Waals surface area contributed by atoms with Gasteiger partial charge in [0.1, 0.15) is 0 Å². The molecule has 2 aromatic heterocycles. The van der Waals surface area contributed by atoms with Crippen molar-refractivity contribution in [3.8, 4) is 11.3 Å². The molecule has 0 aromatic carbocycles. The molecule has 0 unspecified atom stereocenters. The van der Waals surface area contributed by atoms with Crippen LogP contribution in [-0.2, 0) is 6.54 Å². The summed E-state index contributed by atoms with van der Waals surface area (Å²) in [5.41, 5.74) is 2.80. The predicted octanol–water partition coefficient (Wildman–Crippen LogP) is 4.75. The fourth-order valence-electron chi connectivity index (χ4n) is 2.19. The van der Waals surface area contributed by atoms with Crippen LogP contribution in [0.25, 0.3) is 16.3 Å². The Bertz CT molecular complexity index is 629. The second-order valence-corrected chi connectivity index (χ2v) is 5.33. The smallest absolute Gasteiger partial charge is 0.0789 e. The van der Waals surface area contributed by atoms with E-state index in [9.17, 15) is 0 Å². The van der Waals surface area contributed by atoms with Gasteiger partial charge in [0.25, 0.3) is 0 Å². The van der Waals surface area contributed by atoms with Crippen molar-refractivity contribution in [2.45, 2.75) is 13.0 Å². The lowest BCUT2D eigenvalue weighted by Crippen LogP contribution is -2.08. The van der Waals surface area contributed by atoms with Crippen LogP contribution in [0.3, 0.4) is 0 Å². The number of pyridine rings is 1. The molecule has 92 valence electrons. The summed E-state index contributed by atoms with van der Waals surface area (Å²) in [7, 11) is 0. The number of aromatic nitrogens is 2. The third-order valence-electron chi connectivity index (χ3n) is 3.00. The molecule has 0 N–H and O–H groups in total. The molecule has 1 aliphatic rings. The lowest BCUT2D eigenvalue weighted by atomic mass is 10.2. The topological polar surface area (TPSA) is 17.8 Å². The number of halogens is 3. The number of rotatable bonds is 1. The average molecular weight is 300 g/mol. The summed E-state index contributed by atoms with van der Waals surface area (Å²) in [6.07, 6.45) is 4.26. The minimum absolute atomic E-state index is 0.583. The number of nitrogens with zero attached hydrogens (tertiary/aromatic N) is 2. The van der Waals surface area contributed by atoms with E-state index in [1.807, 2.05) is 18.2 Å². The quantitative estimate of drug-likeness (QED) is 0.743. The van der Waals surface area contributed by atoms with Gasteiger partial charge in [-0.15, -0.1) is 0 Å². The summed E-state index contributed by atoms with van der Waals surface area (Å²) < 4.78 is 2.09. The van der Waals surface area contributed by atoms with Gasteiger partial charge in [-0.1, -0.05) is 34.8 Å². The minimum Gasteiger partial charge on any atom is -0.338 e. The zero-order chi connectivity index (χ0) is 12.7. The molecule has 2 aromatic rings. The van der Waals surface area contributed by atoms with E-state index in [0.29, 0.717) is 15.1 Å². The molecule has 3 rings (SSSR count). The van der Waals surface area contributed by atoms with Crippen molar-refractivity contribution >= 4 is 39.8 Å². The van der Waals surface area contributed by atoms with Gasteiger partial charge in [0.2, 0.25) is 0 Å². The van der Waals surface area contributed by atoms with Crippen LogP contribution in [0.1, 0.15) is 12.1 Å². The lowest BCUT2D eigenvalue weighted by Gasteiger charge is -2.18. The summed E-state index contributed by atoms with van der Waals surface area (Å²) in [5.74, 6) is 0. The van der Waals surface area contributed by atoms with Crippen molar-refractivity contribution in [2.75, 3.05) is 0 Å². The minimum atomic E-state index is 0.583. The van der Waals surface area contributed by atoms with E-state index in [2.05, 4.69) is 9.55 Å². The second kappa shape index (κ2) is 4.61. The van der Waals surface area contributed by atoms with E-state index in [0.717, 1.165) is 29.9 Å². The van der Waals surface area contributed by atoms with Crippen LogP contribution in [0.4, 0.5) is 0 Å². The number of hydrogen-bond donors (Lipinski definition) is 0. The first-order chi connectivity index (χ1) is 8.68. The first kappa shape index (κ1) is 12.1. The van der Waals surface area contributed by atoms with Crippen molar-refractivity contribution in [1.29, 1.82) is 0 Å². The maximum absolute atomic E-state index is 6.31. The Hall–Kier alpha value is -0.960. The highest BCUT2D eigenvalue weighted by Gasteiger charge is 2.22. The van der Waals surface area contributed by atoms with Crippen LogP contribution in [0.15, 0.2) is 35.6 Å². The van der Waals surface area contributed by atoms with Gasteiger partial charge < -0.3 is 4.57 Å². The van der Waals surface area contributed by atoms with Crippen molar-refractivity contribution in [1.82, 2.24) is 9.55 Å². The molecular weight excluding hydrogens is 291 g/mol. The molecule has 0 saturated heterocycles. The normalized spacial score (nSPS) is 14.8. The largest absolute Gasteiger partial charge is 0.338 e. The third-order valence-corrected chi connectivity index (χ3v) is 4.19. The highest BCUT2D eigenvalue weighted by Crippen LogP contribution is 2.40. The molecule has 0 amide bonds. The van der Waals surface area contributed by atoms with E-state index in [1.165, 1.54) is 0 Å². The number of hydrogen-bond acceptors (Lipinski definition) is 1. The van der Waals surface area contributed by atoms with Crippen molar-refractivity contribution in [3.05, 3.63) is 46.3 Å². The Kier molecular flexibility index (Phi) is 3.10. The van der Waals surface area contributed by atoms with Gasteiger partial charge in [-0.3, -0.25) is 4.98 Å². The zero-order valence-corrected chi connectivity index (χ0v) is 11.6. The monoisotopic (exact) mass is 298 g/mol. The molecule has 0 saturated carbocycles. The summed E-state index contributed by atoms with van der Waals surface area (Å²) in [6.45, 7) is 0.779. The maximum Gasteiger partial charge on any atom is 0.0789 e. The molecule has 1 aliphatic heterocycles. The summed E-state index contributed by atoms with van der Waals surface area (Å²) in [6, 6.07) is 5.72. The van der Waals surface area contributed by atoms with E-state index < -0.39 is 0 Å². The van der Waals surface area contributed by atoms with Crippen LogP contribution in [0, 0.1) is 0 Å². The van der Waals surface area contributed by atoms with Crippen LogP contribution in [0.5, 0.6) is 0 Å². The van der Waals surface area contributed by atoms with Crippen LogP contribution in [0.2, 0.25) is 5.02 Å². The predicted molar refractivity (Wildman–Crippen MR) is 75.9 cm³/mol. The molecule has 5 heteroatoms. The molecule has 0 radical (unpaired) electrons. The van der Waals surface area contributed by atoms with Crippen LogP contribution >= 0.6 is 34.8 Å². The second-order valence-electron chi connectivity index (χ2n) is 4.09. The van der Waals surface area contributed by atoms with Crippen LogP contribution < -0.4 is 0 Å². The van der Waals surface area contributed by atoms with Crippen molar-refractivity contribution < 1.29 is 0 Å².